The first-order chi connectivity index (χ1) is 8.72. The predicted molar refractivity (Wildman–Crippen MR) is 66.4 cm³/mol. The van der Waals surface area contributed by atoms with Crippen LogP contribution >= 0.6 is 11.3 Å². The Bertz CT molecular complexity index is 466. The van der Waals surface area contributed by atoms with Crippen molar-refractivity contribution in [2.24, 2.45) is 5.73 Å². The van der Waals surface area contributed by atoms with Crippen LogP contribution in [0.4, 0.5) is 0 Å². The second-order valence-corrected chi connectivity index (χ2v) is 4.38. The summed E-state index contributed by atoms with van der Waals surface area (Å²) in [6.07, 6.45) is 0.482. The lowest BCUT2D eigenvalue weighted by Gasteiger charge is -2.18. The molecule has 0 fully saturated rings. The van der Waals surface area contributed by atoms with E-state index in [0.717, 1.165) is 0 Å². The van der Waals surface area contributed by atoms with E-state index in [1.807, 2.05) is 12.1 Å². The van der Waals surface area contributed by atoms with Gasteiger partial charge in [-0.2, -0.15) is 10.5 Å². The fourth-order valence-electron chi connectivity index (χ4n) is 1.35. The monoisotopic (exact) mass is 263 g/mol. The van der Waals surface area contributed by atoms with E-state index in [1.165, 1.54) is 16.2 Å². The number of rotatable bonds is 6. The second-order valence-electron chi connectivity index (χ2n) is 3.44. The molecule has 1 aromatic rings. The van der Waals surface area contributed by atoms with Crippen LogP contribution in [0.25, 0.3) is 0 Å². The highest BCUT2D eigenvalue weighted by molar-refractivity contribution is 7.09. The van der Waals surface area contributed by atoms with Crippen molar-refractivity contribution >= 4 is 17.2 Å². The molecule has 1 aromatic heterocycles. The molecule has 2 N–H and O–H groups in total. The molecule has 0 saturated heterocycles. The van der Waals surface area contributed by atoms with Crippen LogP contribution in [0, 0.1) is 22.7 Å². The summed E-state index contributed by atoms with van der Waals surface area (Å²) in [4.78, 5) is 17.7. The van der Waals surface area contributed by atoms with Crippen LogP contribution < -0.4 is 5.73 Å². The van der Waals surface area contributed by atoms with Gasteiger partial charge in [-0.15, -0.1) is 11.3 Å². The summed E-state index contributed by atoms with van der Waals surface area (Å²) in [5.41, 5.74) is 5.77. The molecule has 94 valence electrons. The number of carbonyl (C=O) groups excluding carboxylic acids is 1. The summed E-state index contributed by atoms with van der Waals surface area (Å²) in [6, 6.07) is 3.97. The lowest BCUT2D eigenvalue weighted by atomic mass is 10.3. The van der Waals surface area contributed by atoms with E-state index in [0.29, 0.717) is 30.3 Å². The van der Waals surface area contributed by atoms with E-state index < -0.39 is 0 Å². The van der Waals surface area contributed by atoms with Crippen molar-refractivity contribution in [1.29, 1.82) is 10.5 Å². The molecule has 0 spiro atoms. The van der Waals surface area contributed by atoms with Crippen molar-refractivity contribution in [3.8, 4) is 12.1 Å². The summed E-state index contributed by atoms with van der Waals surface area (Å²) in [5, 5.41) is 19.4. The minimum atomic E-state index is -0.253. The molecule has 1 heterocycles. The highest BCUT2D eigenvalue weighted by Crippen LogP contribution is 2.12. The summed E-state index contributed by atoms with van der Waals surface area (Å²) in [7, 11) is 0. The quantitative estimate of drug-likeness (QED) is 0.819. The maximum atomic E-state index is 12.1. The number of nitriles is 2. The third-order valence-electron chi connectivity index (χ3n) is 2.22. The number of hydrogen-bond acceptors (Lipinski definition) is 6. The molecule has 6 nitrogen and oxygen atoms in total. The Hall–Kier alpha value is -1.96. The molecule has 0 radical (unpaired) electrons. The van der Waals surface area contributed by atoms with Gasteiger partial charge in [-0.05, 0) is 0 Å². The zero-order chi connectivity index (χ0) is 13.4. The zero-order valence-electron chi connectivity index (χ0n) is 9.80. The van der Waals surface area contributed by atoms with Crippen LogP contribution in [0.3, 0.4) is 0 Å². The van der Waals surface area contributed by atoms with E-state index in [2.05, 4.69) is 4.98 Å². The third-order valence-corrected chi connectivity index (χ3v) is 3.09. The second kappa shape index (κ2) is 7.38. The molecule has 0 bridgehead atoms. The normalized spacial score (nSPS) is 9.50. The van der Waals surface area contributed by atoms with Gasteiger partial charge in [-0.25, -0.2) is 4.98 Å². The maximum absolute atomic E-state index is 12.1. The van der Waals surface area contributed by atoms with E-state index >= 15 is 0 Å². The van der Waals surface area contributed by atoms with Gasteiger partial charge in [-0.1, -0.05) is 0 Å². The number of aromatic nitrogens is 1. The van der Waals surface area contributed by atoms with Gasteiger partial charge in [0.25, 0.3) is 5.91 Å². The van der Waals surface area contributed by atoms with Gasteiger partial charge in [0.15, 0.2) is 0 Å². The van der Waals surface area contributed by atoms with Gasteiger partial charge in [0.2, 0.25) is 0 Å². The fraction of sp³-hybridized carbons (Fsp3) is 0.455. The Morgan fingerprint density at radius 2 is 2.00 bits per heavy atom. The van der Waals surface area contributed by atoms with Crippen molar-refractivity contribution in [3.63, 3.8) is 0 Å². The predicted octanol–water partition coefficient (Wildman–Crippen LogP) is 0.871. The molecular formula is C11H13N5OS. The molecule has 18 heavy (non-hydrogen) atoms. The van der Waals surface area contributed by atoms with E-state index in [4.69, 9.17) is 16.3 Å². The zero-order valence-corrected chi connectivity index (χ0v) is 10.6. The van der Waals surface area contributed by atoms with E-state index in [9.17, 15) is 4.79 Å². The lowest BCUT2D eigenvalue weighted by Crippen LogP contribution is -2.33. The van der Waals surface area contributed by atoms with Crippen molar-refractivity contribution in [3.05, 3.63) is 16.1 Å². The highest BCUT2D eigenvalue weighted by Gasteiger charge is 2.17. The summed E-state index contributed by atoms with van der Waals surface area (Å²) in [6.45, 7) is 0.924. The molecular weight excluding hydrogens is 250 g/mol. The van der Waals surface area contributed by atoms with Gasteiger partial charge < -0.3 is 10.6 Å². The Kier molecular flexibility index (Phi) is 5.78. The molecule has 1 rings (SSSR count). The smallest absolute Gasteiger partial charge is 0.273 e. The Morgan fingerprint density at radius 3 is 2.44 bits per heavy atom. The number of hydrogen-bond donors (Lipinski definition) is 1. The van der Waals surface area contributed by atoms with Crippen LogP contribution in [0.1, 0.15) is 28.3 Å². The van der Waals surface area contributed by atoms with Crippen LogP contribution in [0.5, 0.6) is 0 Å². The van der Waals surface area contributed by atoms with Crippen LogP contribution in [0.2, 0.25) is 0 Å². The molecule has 0 aliphatic carbocycles. The first-order valence-corrected chi connectivity index (χ1v) is 6.28. The van der Waals surface area contributed by atoms with Gasteiger partial charge in [-0.3, -0.25) is 4.79 Å². The van der Waals surface area contributed by atoms with Crippen molar-refractivity contribution in [1.82, 2.24) is 9.88 Å². The minimum Gasteiger partial charge on any atom is -0.335 e. The molecule has 0 aliphatic rings. The topological polar surface area (TPSA) is 107 Å². The maximum Gasteiger partial charge on any atom is 0.273 e. The number of nitrogens with two attached hydrogens (primary N) is 1. The Labute approximate surface area is 109 Å². The Morgan fingerprint density at radius 1 is 1.39 bits per heavy atom. The number of nitrogens with zero attached hydrogens (tertiary/aromatic N) is 4. The number of amides is 1. The lowest BCUT2D eigenvalue weighted by molar-refractivity contribution is 0.0757. The molecule has 0 aliphatic heterocycles. The van der Waals surface area contributed by atoms with Crippen molar-refractivity contribution in [2.45, 2.75) is 19.4 Å². The SMILES string of the molecule is N#CCCN(CCC#N)C(=O)c1csc(CN)n1. The van der Waals surface area contributed by atoms with Crippen LogP contribution in [0.15, 0.2) is 5.38 Å². The standard InChI is InChI=1S/C11H13N5OS/c12-3-1-5-16(6-2-4-13)11(17)9-8-18-10(7-14)15-9/h8H,1-2,5-7,14H2. The summed E-state index contributed by atoms with van der Waals surface area (Å²) in [5.74, 6) is -0.253. The molecule has 0 saturated carbocycles. The highest BCUT2D eigenvalue weighted by atomic mass is 32.1. The largest absolute Gasteiger partial charge is 0.335 e. The molecule has 0 atom stereocenters. The average Bonchev–Trinajstić information content (AvgIpc) is 2.87. The van der Waals surface area contributed by atoms with Crippen LogP contribution in [-0.4, -0.2) is 28.9 Å². The van der Waals surface area contributed by atoms with Crippen molar-refractivity contribution < 1.29 is 4.79 Å². The van der Waals surface area contributed by atoms with Gasteiger partial charge in [0.1, 0.15) is 10.7 Å². The summed E-state index contributed by atoms with van der Waals surface area (Å²) >= 11 is 1.33. The minimum absolute atomic E-state index is 0.241. The van der Waals surface area contributed by atoms with Gasteiger partial charge >= 0.3 is 0 Å². The van der Waals surface area contributed by atoms with E-state index in [-0.39, 0.29) is 18.7 Å². The summed E-state index contributed by atoms with van der Waals surface area (Å²) < 4.78 is 0. The number of carbonyl (C=O) groups is 1. The molecule has 1 amide bonds. The van der Waals surface area contributed by atoms with Crippen molar-refractivity contribution in [2.75, 3.05) is 13.1 Å². The molecule has 0 unspecified atom stereocenters. The van der Waals surface area contributed by atoms with Gasteiger partial charge in [0.05, 0.1) is 25.0 Å². The Balaban J connectivity index is 2.74. The molecule has 7 heteroatoms. The third kappa shape index (κ3) is 3.81. The first-order valence-electron chi connectivity index (χ1n) is 5.40. The fourth-order valence-corrected chi connectivity index (χ4v) is 2.00. The van der Waals surface area contributed by atoms with Crippen LogP contribution in [-0.2, 0) is 6.54 Å². The average molecular weight is 263 g/mol. The van der Waals surface area contributed by atoms with Gasteiger partial charge in [0, 0.05) is 25.0 Å². The van der Waals surface area contributed by atoms with E-state index in [1.54, 1.807) is 5.38 Å². The number of thiazole rings is 1. The first kappa shape index (κ1) is 14.1. The molecule has 0 aromatic carbocycles.